The maximum Gasteiger partial charge on any atom is 0.127 e. The third-order valence-electron chi connectivity index (χ3n) is 2.39. The molecule has 1 aromatic carbocycles. The highest BCUT2D eigenvalue weighted by atomic mass is 79.9. The van der Waals surface area contributed by atoms with Gasteiger partial charge >= 0.3 is 0 Å². The van der Waals surface area contributed by atoms with Gasteiger partial charge in [0.15, 0.2) is 0 Å². The van der Waals surface area contributed by atoms with E-state index in [0.29, 0.717) is 15.2 Å². The maximum atomic E-state index is 13.1. The molecule has 0 fully saturated rings. The molecule has 1 heterocycles. The fourth-order valence-electron chi connectivity index (χ4n) is 1.59. The molecule has 0 aliphatic heterocycles. The first-order valence-corrected chi connectivity index (χ1v) is 6.88. The molecule has 100 valence electrons. The third-order valence-corrected chi connectivity index (χ3v) is 3.32. The summed E-state index contributed by atoms with van der Waals surface area (Å²) >= 11 is 9.31. The molecule has 2 aromatic rings. The molecule has 2 rings (SSSR count). The van der Waals surface area contributed by atoms with Crippen LogP contribution >= 0.6 is 27.5 Å². The number of hydrogen-bond acceptors (Lipinski definition) is 3. The molecular formula is C13H12BrClFN3. The normalized spacial score (nSPS) is 10.3. The number of benzene rings is 1. The van der Waals surface area contributed by atoms with E-state index in [1.807, 2.05) is 19.1 Å². The Morgan fingerprint density at radius 1 is 1.37 bits per heavy atom. The maximum absolute atomic E-state index is 13.1. The lowest BCUT2D eigenvalue weighted by Crippen LogP contribution is -2.00. The lowest BCUT2D eigenvalue weighted by molar-refractivity contribution is 0.627. The summed E-state index contributed by atoms with van der Waals surface area (Å²) in [6.07, 6.45) is 1.69. The average molecular weight is 345 g/mol. The summed E-state index contributed by atoms with van der Waals surface area (Å²) in [7, 11) is 0. The molecule has 1 aromatic heterocycles. The first kappa shape index (κ1) is 14.1. The van der Waals surface area contributed by atoms with Crippen molar-refractivity contribution in [3.63, 3.8) is 0 Å². The monoisotopic (exact) mass is 343 g/mol. The van der Waals surface area contributed by atoms with Crippen molar-refractivity contribution in [2.75, 3.05) is 17.2 Å². The molecule has 0 saturated carbocycles. The minimum atomic E-state index is -0.384. The summed E-state index contributed by atoms with van der Waals surface area (Å²) in [5.74, 6) is 0.382. The van der Waals surface area contributed by atoms with Gasteiger partial charge in [-0.05, 0) is 41.1 Å². The second-order valence-corrected chi connectivity index (χ2v) is 5.09. The molecule has 3 nitrogen and oxygen atoms in total. The summed E-state index contributed by atoms with van der Waals surface area (Å²) in [5.41, 5.74) is 1.44. The highest BCUT2D eigenvalue weighted by Gasteiger charge is 2.08. The van der Waals surface area contributed by atoms with Gasteiger partial charge in [0.25, 0.3) is 0 Å². The number of aromatic nitrogens is 1. The van der Waals surface area contributed by atoms with Crippen molar-refractivity contribution in [2.24, 2.45) is 0 Å². The Balaban J connectivity index is 2.28. The van der Waals surface area contributed by atoms with E-state index < -0.39 is 0 Å². The molecule has 2 N–H and O–H groups in total. The van der Waals surface area contributed by atoms with Crippen LogP contribution < -0.4 is 10.6 Å². The zero-order valence-corrected chi connectivity index (χ0v) is 12.5. The summed E-state index contributed by atoms with van der Waals surface area (Å²) in [6, 6.07) is 6.30. The fourth-order valence-corrected chi connectivity index (χ4v) is 2.49. The number of rotatable bonds is 4. The van der Waals surface area contributed by atoms with Crippen LogP contribution in [0.2, 0.25) is 5.02 Å². The van der Waals surface area contributed by atoms with Gasteiger partial charge in [0.05, 0.1) is 10.7 Å². The van der Waals surface area contributed by atoms with Gasteiger partial charge in [-0.15, -0.1) is 0 Å². The summed E-state index contributed by atoms with van der Waals surface area (Å²) < 4.78 is 13.7. The van der Waals surface area contributed by atoms with Gasteiger partial charge in [0, 0.05) is 29.0 Å². The summed E-state index contributed by atoms with van der Waals surface area (Å²) in [6.45, 7) is 2.78. The van der Waals surface area contributed by atoms with Crippen molar-refractivity contribution in [2.45, 2.75) is 6.92 Å². The zero-order chi connectivity index (χ0) is 13.8. The van der Waals surface area contributed by atoms with Crippen molar-refractivity contribution in [1.29, 1.82) is 0 Å². The van der Waals surface area contributed by atoms with Crippen molar-refractivity contribution < 1.29 is 4.39 Å². The Morgan fingerprint density at radius 3 is 2.84 bits per heavy atom. The number of hydrogen-bond donors (Lipinski definition) is 2. The van der Waals surface area contributed by atoms with Crippen molar-refractivity contribution in [3.05, 3.63) is 45.8 Å². The molecule has 19 heavy (non-hydrogen) atoms. The Kier molecular flexibility index (Phi) is 4.61. The average Bonchev–Trinajstić information content (AvgIpc) is 2.35. The van der Waals surface area contributed by atoms with Crippen LogP contribution in [0.3, 0.4) is 0 Å². The predicted octanol–water partition coefficient (Wildman–Crippen LogP) is 4.81. The first-order valence-electron chi connectivity index (χ1n) is 5.71. The molecule has 0 bridgehead atoms. The number of pyridine rings is 1. The molecule has 0 aliphatic carbocycles. The van der Waals surface area contributed by atoms with Crippen LogP contribution in [0.4, 0.5) is 21.6 Å². The molecule has 6 heteroatoms. The van der Waals surface area contributed by atoms with Crippen LogP contribution in [0.1, 0.15) is 6.92 Å². The second kappa shape index (κ2) is 6.21. The Morgan fingerprint density at radius 2 is 2.16 bits per heavy atom. The zero-order valence-electron chi connectivity index (χ0n) is 10.2. The van der Waals surface area contributed by atoms with Crippen LogP contribution in [0.15, 0.2) is 34.9 Å². The van der Waals surface area contributed by atoms with Gasteiger partial charge in [-0.1, -0.05) is 11.6 Å². The second-order valence-electron chi connectivity index (χ2n) is 3.83. The molecule has 0 saturated heterocycles. The number of anilines is 3. The largest absolute Gasteiger partial charge is 0.370 e. The SMILES string of the molecule is CCNc1cc(Nc2c(Cl)cc(F)cc2Br)ccn1. The van der Waals surface area contributed by atoms with Crippen LogP contribution in [0, 0.1) is 5.82 Å². The summed E-state index contributed by atoms with van der Waals surface area (Å²) in [5, 5.41) is 6.57. The molecule has 0 atom stereocenters. The minimum absolute atomic E-state index is 0.314. The van der Waals surface area contributed by atoms with Gasteiger partial charge in [-0.25, -0.2) is 9.37 Å². The molecular weight excluding hydrogens is 333 g/mol. The van der Waals surface area contributed by atoms with Gasteiger partial charge < -0.3 is 10.6 Å². The molecule has 0 spiro atoms. The van der Waals surface area contributed by atoms with Gasteiger partial charge in [0.2, 0.25) is 0 Å². The van der Waals surface area contributed by atoms with Gasteiger partial charge in [-0.2, -0.15) is 0 Å². The fraction of sp³-hybridized carbons (Fsp3) is 0.154. The number of nitrogens with one attached hydrogen (secondary N) is 2. The summed E-state index contributed by atoms with van der Waals surface area (Å²) in [4.78, 5) is 4.17. The van der Waals surface area contributed by atoms with Crippen molar-refractivity contribution in [3.8, 4) is 0 Å². The highest BCUT2D eigenvalue weighted by molar-refractivity contribution is 9.10. The highest BCUT2D eigenvalue weighted by Crippen LogP contribution is 2.34. The minimum Gasteiger partial charge on any atom is -0.370 e. The van der Waals surface area contributed by atoms with Gasteiger partial charge in [-0.3, -0.25) is 0 Å². The van der Waals surface area contributed by atoms with Crippen LogP contribution in [-0.4, -0.2) is 11.5 Å². The third kappa shape index (κ3) is 3.58. The van der Waals surface area contributed by atoms with E-state index in [0.717, 1.165) is 18.1 Å². The first-order chi connectivity index (χ1) is 9.10. The van der Waals surface area contributed by atoms with E-state index >= 15 is 0 Å². The lowest BCUT2D eigenvalue weighted by atomic mass is 10.3. The molecule has 0 amide bonds. The quantitative estimate of drug-likeness (QED) is 0.835. The lowest BCUT2D eigenvalue weighted by Gasteiger charge is -2.12. The predicted molar refractivity (Wildman–Crippen MR) is 80.8 cm³/mol. The van der Waals surface area contributed by atoms with E-state index in [1.54, 1.807) is 6.20 Å². The topological polar surface area (TPSA) is 37.0 Å². The van der Waals surface area contributed by atoms with E-state index in [4.69, 9.17) is 11.6 Å². The Labute approximate surface area is 124 Å². The van der Waals surface area contributed by atoms with Crippen molar-refractivity contribution in [1.82, 2.24) is 4.98 Å². The molecule has 0 radical (unpaired) electrons. The van der Waals surface area contributed by atoms with Crippen LogP contribution in [0.5, 0.6) is 0 Å². The van der Waals surface area contributed by atoms with Crippen LogP contribution in [0.25, 0.3) is 0 Å². The Bertz CT molecular complexity index is 569. The molecule has 0 unspecified atom stereocenters. The van der Waals surface area contributed by atoms with E-state index in [2.05, 4.69) is 31.5 Å². The van der Waals surface area contributed by atoms with E-state index in [1.165, 1.54) is 12.1 Å². The number of halogens is 3. The smallest absolute Gasteiger partial charge is 0.127 e. The Hall–Kier alpha value is -1.33. The van der Waals surface area contributed by atoms with Crippen molar-refractivity contribution >= 4 is 44.7 Å². The number of nitrogens with zero attached hydrogens (tertiary/aromatic N) is 1. The van der Waals surface area contributed by atoms with Crippen LogP contribution in [-0.2, 0) is 0 Å². The van der Waals surface area contributed by atoms with Gasteiger partial charge in [0.1, 0.15) is 11.6 Å². The van der Waals surface area contributed by atoms with E-state index in [-0.39, 0.29) is 5.82 Å². The van der Waals surface area contributed by atoms with E-state index in [9.17, 15) is 4.39 Å². The molecule has 0 aliphatic rings. The standard InChI is InChI=1S/C13H12BrClFN3/c1-2-17-12-7-9(3-4-18-12)19-13-10(14)5-8(16)6-11(13)15/h3-7H,2H2,1H3,(H2,17,18,19).